The zero-order valence-corrected chi connectivity index (χ0v) is 13.9. The van der Waals surface area contributed by atoms with Crippen LogP contribution in [0, 0.1) is 6.92 Å². The molecule has 1 unspecified atom stereocenters. The van der Waals surface area contributed by atoms with Crippen LogP contribution >= 0.6 is 15.9 Å². The molecule has 0 saturated heterocycles. The van der Waals surface area contributed by atoms with Gasteiger partial charge in [-0.15, -0.1) is 0 Å². The maximum absolute atomic E-state index is 12.5. The van der Waals surface area contributed by atoms with Crippen LogP contribution in [0.25, 0.3) is 0 Å². The van der Waals surface area contributed by atoms with Gasteiger partial charge in [-0.2, -0.15) is 10.2 Å². The molecule has 0 aliphatic carbocycles. The zero-order valence-electron chi connectivity index (χ0n) is 12.4. The summed E-state index contributed by atoms with van der Waals surface area (Å²) in [4.78, 5) is 12.5. The van der Waals surface area contributed by atoms with Crippen LogP contribution in [0.3, 0.4) is 0 Å². The first-order chi connectivity index (χ1) is 10.0. The van der Waals surface area contributed by atoms with Gasteiger partial charge in [-0.25, -0.2) is 0 Å². The minimum Gasteiger partial charge on any atom is -0.345 e. The molecule has 4 nitrogen and oxygen atoms in total. The van der Waals surface area contributed by atoms with Gasteiger partial charge in [0.1, 0.15) is 0 Å². The summed E-state index contributed by atoms with van der Waals surface area (Å²) in [6.07, 6.45) is 0.682. The third kappa shape index (κ3) is 3.88. The predicted octanol–water partition coefficient (Wildman–Crippen LogP) is 3.60. The fourth-order valence-electron chi connectivity index (χ4n) is 2.11. The molecule has 21 heavy (non-hydrogen) atoms. The van der Waals surface area contributed by atoms with E-state index in [2.05, 4.69) is 31.4 Å². The van der Waals surface area contributed by atoms with Gasteiger partial charge >= 0.3 is 0 Å². The van der Waals surface area contributed by atoms with Crippen molar-refractivity contribution in [3.8, 4) is 0 Å². The Labute approximate surface area is 133 Å². The van der Waals surface area contributed by atoms with Crippen molar-refractivity contribution in [2.24, 2.45) is 0 Å². The lowest BCUT2D eigenvalue weighted by molar-refractivity contribution is 0.0938. The molecule has 1 amide bonds. The fourth-order valence-corrected chi connectivity index (χ4v) is 2.52. The van der Waals surface area contributed by atoms with Gasteiger partial charge in [0.05, 0.1) is 23.0 Å². The fraction of sp³-hybridized carbons (Fsp3) is 0.312. The number of rotatable bonds is 4. The number of aryl methyl sites for hydroxylation is 2. The highest BCUT2D eigenvalue weighted by Gasteiger charge is 2.16. The van der Waals surface area contributed by atoms with Crippen LogP contribution in [0.2, 0.25) is 0 Å². The second kappa shape index (κ2) is 6.80. The Morgan fingerprint density at radius 3 is 2.76 bits per heavy atom. The molecule has 0 aliphatic rings. The molecule has 2 rings (SSSR count). The molecular weight excluding hydrogens is 330 g/mol. The highest BCUT2D eigenvalue weighted by atomic mass is 79.9. The average molecular weight is 348 g/mol. The van der Waals surface area contributed by atoms with Gasteiger partial charge in [-0.3, -0.25) is 4.79 Å². The van der Waals surface area contributed by atoms with Gasteiger partial charge in [0.25, 0.3) is 5.91 Å². The topological polar surface area (TPSA) is 54.9 Å². The Balaban J connectivity index is 2.20. The van der Waals surface area contributed by atoms with Crippen molar-refractivity contribution in [1.29, 1.82) is 0 Å². The maximum Gasteiger partial charge on any atom is 0.253 e. The summed E-state index contributed by atoms with van der Waals surface area (Å²) >= 11 is 3.44. The van der Waals surface area contributed by atoms with E-state index < -0.39 is 0 Å². The van der Waals surface area contributed by atoms with Crippen LogP contribution in [0.4, 0.5) is 0 Å². The number of hydrogen-bond donors (Lipinski definition) is 1. The highest BCUT2D eigenvalue weighted by Crippen LogP contribution is 2.18. The summed E-state index contributed by atoms with van der Waals surface area (Å²) in [6.45, 7) is 5.77. The molecule has 1 aromatic heterocycles. The quantitative estimate of drug-likeness (QED) is 0.919. The standard InChI is InChI=1S/C16H18BrN3O/c1-4-15-14(8-10(2)19-20-15)16(21)18-11(3)12-6-5-7-13(17)9-12/h5-9,11H,4H2,1-3H3,(H,18,21). The van der Waals surface area contributed by atoms with Crippen molar-refractivity contribution in [2.75, 3.05) is 0 Å². The van der Waals surface area contributed by atoms with Gasteiger partial charge in [0, 0.05) is 4.47 Å². The molecule has 1 atom stereocenters. The average Bonchev–Trinajstić information content (AvgIpc) is 2.47. The van der Waals surface area contributed by atoms with Gasteiger partial charge < -0.3 is 5.32 Å². The van der Waals surface area contributed by atoms with E-state index in [9.17, 15) is 4.79 Å². The van der Waals surface area contributed by atoms with E-state index in [0.717, 1.165) is 21.4 Å². The molecule has 1 aromatic carbocycles. The van der Waals surface area contributed by atoms with E-state index in [1.54, 1.807) is 6.07 Å². The highest BCUT2D eigenvalue weighted by molar-refractivity contribution is 9.10. The largest absolute Gasteiger partial charge is 0.345 e. The van der Waals surface area contributed by atoms with Crippen LogP contribution in [0.5, 0.6) is 0 Å². The Morgan fingerprint density at radius 2 is 2.10 bits per heavy atom. The summed E-state index contributed by atoms with van der Waals surface area (Å²) in [5, 5.41) is 11.1. The van der Waals surface area contributed by atoms with Crippen molar-refractivity contribution in [3.63, 3.8) is 0 Å². The van der Waals surface area contributed by atoms with Gasteiger partial charge in [0.2, 0.25) is 0 Å². The molecule has 1 heterocycles. The number of nitrogens with zero attached hydrogens (tertiary/aromatic N) is 2. The van der Waals surface area contributed by atoms with Crippen LogP contribution in [-0.2, 0) is 6.42 Å². The third-order valence-electron chi connectivity index (χ3n) is 3.27. The van der Waals surface area contributed by atoms with Crippen molar-refractivity contribution in [1.82, 2.24) is 15.5 Å². The first kappa shape index (κ1) is 15.6. The van der Waals surface area contributed by atoms with Gasteiger partial charge in [-0.1, -0.05) is 35.0 Å². The second-order valence-corrected chi connectivity index (χ2v) is 5.87. The van der Waals surface area contributed by atoms with E-state index in [0.29, 0.717) is 12.0 Å². The Bertz CT molecular complexity index is 658. The summed E-state index contributed by atoms with van der Waals surface area (Å²) in [5.74, 6) is -0.114. The van der Waals surface area contributed by atoms with E-state index in [1.807, 2.05) is 45.0 Å². The first-order valence-corrected chi connectivity index (χ1v) is 7.70. The summed E-state index contributed by atoms with van der Waals surface area (Å²) < 4.78 is 0.997. The van der Waals surface area contributed by atoms with Crippen molar-refractivity contribution in [3.05, 3.63) is 57.3 Å². The smallest absolute Gasteiger partial charge is 0.253 e. The van der Waals surface area contributed by atoms with Gasteiger partial charge in [0.15, 0.2) is 0 Å². The maximum atomic E-state index is 12.5. The van der Waals surface area contributed by atoms with E-state index in [-0.39, 0.29) is 11.9 Å². The monoisotopic (exact) mass is 347 g/mol. The number of halogens is 1. The van der Waals surface area contributed by atoms with Crippen molar-refractivity contribution >= 4 is 21.8 Å². The van der Waals surface area contributed by atoms with E-state index >= 15 is 0 Å². The SMILES string of the molecule is CCc1nnc(C)cc1C(=O)NC(C)c1cccc(Br)c1. The molecule has 0 spiro atoms. The summed E-state index contributed by atoms with van der Waals surface area (Å²) in [6, 6.07) is 9.62. The van der Waals surface area contributed by atoms with Crippen LogP contribution in [-0.4, -0.2) is 16.1 Å². The molecule has 0 aliphatic heterocycles. The molecule has 5 heteroatoms. The molecule has 0 fully saturated rings. The lowest BCUT2D eigenvalue weighted by Crippen LogP contribution is -2.28. The first-order valence-electron chi connectivity index (χ1n) is 6.90. The molecule has 2 aromatic rings. The van der Waals surface area contributed by atoms with Crippen LogP contribution in [0.1, 0.15) is 47.2 Å². The Kier molecular flexibility index (Phi) is 5.07. The Hall–Kier alpha value is -1.75. The molecule has 0 radical (unpaired) electrons. The predicted molar refractivity (Wildman–Crippen MR) is 86.2 cm³/mol. The molecular formula is C16H18BrN3O. The molecule has 110 valence electrons. The van der Waals surface area contributed by atoms with Crippen LogP contribution < -0.4 is 5.32 Å². The van der Waals surface area contributed by atoms with Crippen molar-refractivity contribution < 1.29 is 4.79 Å². The summed E-state index contributed by atoms with van der Waals surface area (Å²) in [5.41, 5.74) is 3.12. The molecule has 0 bridgehead atoms. The van der Waals surface area contributed by atoms with Crippen molar-refractivity contribution in [2.45, 2.75) is 33.2 Å². The number of carbonyl (C=O) groups is 1. The number of carbonyl (C=O) groups excluding carboxylic acids is 1. The number of nitrogens with one attached hydrogen (secondary N) is 1. The second-order valence-electron chi connectivity index (χ2n) is 4.95. The number of aromatic nitrogens is 2. The zero-order chi connectivity index (χ0) is 15.4. The Morgan fingerprint density at radius 1 is 1.33 bits per heavy atom. The van der Waals surface area contributed by atoms with E-state index in [4.69, 9.17) is 0 Å². The number of benzene rings is 1. The normalized spacial score (nSPS) is 12.0. The third-order valence-corrected chi connectivity index (χ3v) is 3.76. The van der Waals surface area contributed by atoms with E-state index in [1.165, 1.54) is 0 Å². The minimum atomic E-state index is -0.114. The lowest BCUT2D eigenvalue weighted by atomic mass is 10.1. The number of hydrogen-bond acceptors (Lipinski definition) is 3. The number of amides is 1. The summed E-state index contributed by atoms with van der Waals surface area (Å²) in [7, 11) is 0. The minimum absolute atomic E-state index is 0.0758. The van der Waals surface area contributed by atoms with Crippen LogP contribution in [0.15, 0.2) is 34.8 Å². The molecule has 1 N–H and O–H groups in total. The molecule has 0 saturated carbocycles. The van der Waals surface area contributed by atoms with Gasteiger partial charge in [-0.05, 0) is 44.0 Å². The lowest BCUT2D eigenvalue weighted by Gasteiger charge is -2.16.